The van der Waals surface area contributed by atoms with Crippen LogP contribution in [0.1, 0.15) is 39.8 Å². The van der Waals surface area contributed by atoms with Crippen molar-refractivity contribution in [3.8, 4) is 11.3 Å². The molecule has 2 aromatic rings. The van der Waals surface area contributed by atoms with Gasteiger partial charge in [-0.15, -0.1) is 0 Å². The highest BCUT2D eigenvalue weighted by Gasteiger charge is 2.17. The van der Waals surface area contributed by atoms with Crippen molar-refractivity contribution in [3.63, 3.8) is 0 Å². The van der Waals surface area contributed by atoms with Crippen molar-refractivity contribution in [1.82, 2.24) is 20.3 Å². The lowest BCUT2D eigenvalue weighted by molar-refractivity contribution is 0.371. The second kappa shape index (κ2) is 6.18. The number of aryl methyl sites for hydroxylation is 1. The number of nitrogens with one attached hydrogen (secondary N) is 1. The molecule has 2 rings (SSSR count). The Morgan fingerprint density at radius 1 is 1.10 bits per heavy atom. The zero-order valence-corrected chi connectivity index (χ0v) is 12.8. The molecule has 4 nitrogen and oxygen atoms in total. The predicted octanol–water partition coefficient (Wildman–Crippen LogP) is 3.24. The fourth-order valence-corrected chi connectivity index (χ4v) is 1.91. The molecule has 4 heteroatoms. The Kier molecular flexibility index (Phi) is 4.55. The van der Waals surface area contributed by atoms with E-state index in [4.69, 9.17) is 0 Å². The molecule has 0 amide bonds. The molecule has 0 unspecified atom stereocenters. The smallest absolute Gasteiger partial charge is 0.117 e. The molecule has 0 saturated heterocycles. The van der Waals surface area contributed by atoms with Gasteiger partial charge in [0.05, 0.1) is 6.54 Å². The number of hydrogen-bond acceptors (Lipinski definition) is 3. The van der Waals surface area contributed by atoms with Crippen molar-refractivity contribution in [3.05, 3.63) is 36.0 Å². The summed E-state index contributed by atoms with van der Waals surface area (Å²) in [5.74, 6) is 0. The van der Waals surface area contributed by atoms with Gasteiger partial charge in [-0.05, 0) is 27.2 Å². The Morgan fingerprint density at radius 3 is 2.40 bits per heavy atom. The van der Waals surface area contributed by atoms with E-state index in [2.05, 4.69) is 55.3 Å². The van der Waals surface area contributed by atoms with Gasteiger partial charge in [0.2, 0.25) is 0 Å². The lowest BCUT2D eigenvalue weighted by Crippen LogP contribution is -2.38. The topological polar surface area (TPSA) is 42.7 Å². The van der Waals surface area contributed by atoms with E-state index in [9.17, 15) is 0 Å². The Morgan fingerprint density at radius 2 is 1.80 bits per heavy atom. The van der Waals surface area contributed by atoms with Crippen LogP contribution in [0.4, 0.5) is 0 Å². The summed E-state index contributed by atoms with van der Waals surface area (Å²) in [7, 11) is 0. The monoisotopic (exact) mass is 272 g/mol. The molecule has 0 fully saturated rings. The molecule has 20 heavy (non-hydrogen) atoms. The van der Waals surface area contributed by atoms with Gasteiger partial charge in [0, 0.05) is 17.6 Å². The summed E-state index contributed by atoms with van der Waals surface area (Å²) >= 11 is 0. The Labute approximate surface area is 121 Å². The van der Waals surface area contributed by atoms with Gasteiger partial charge in [0.25, 0.3) is 0 Å². The van der Waals surface area contributed by atoms with Crippen LogP contribution in [-0.2, 0) is 13.1 Å². The van der Waals surface area contributed by atoms with Crippen molar-refractivity contribution in [2.45, 2.75) is 52.7 Å². The molecular formula is C16H24N4. The Bertz CT molecular complexity index is 543. The van der Waals surface area contributed by atoms with E-state index in [1.54, 1.807) is 4.80 Å². The van der Waals surface area contributed by atoms with Crippen LogP contribution in [0.3, 0.4) is 0 Å². The second-order valence-electron chi connectivity index (χ2n) is 5.64. The quantitative estimate of drug-likeness (QED) is 0.878. The standard InChI is InChI=1S/C16H24N4/c1-5-16(3,4)17-12-14-15(19-20(6-2)18-14)13-10-8-7-9-11-13/h7-11,17H,5-6,12H2,1-4H3. The molecule has 0 aliphatic rings. The van der Waals surface area contributed by atoms with Gasteiger partial charge < -0.3 is 5.32 Å². The molecule has 0 atom stereocenters. The second-order valence-corrected chi connectivity index (χ2v) is 5.64. The maximum atomic E-state index is 4.59. The first-order valence-electron chi connectivity index (χ1n) is 7.30. The van der Waals surface area contributed by atoms with E-state index >= 15 is 0 Å². The SMILES string of the molecule is CCn1nc(CNC(C)(C)CC)c(-c2ccccc2)n1. The number of rotatable bonds is 6. The van der Waals surface area contributed by atoms with Crippen LogP contribution in [0.25, 0.3) is 11.3 Å². The van der Waals surface area contributed by atoms with Crippen LogP contribution in [-0.4, -0.2) is 20.5 Å². The van der Waals surface area contributed by atoms with Gasteiger partial charge in [0.15, 0.2) is 0 Å². The van der Waals surface area contributed by atoms with Crippen LogP contribution in [0, 0.1) is 0 Å². The largest absolute Gasteiger partial charge is 0.306 e. The highest BCUT2D eigenvalue weighted by Crippen LogP contribution is 2.20. The fraction of sp³-hybridized carbons (Fsp3) is 0.500. The maximum Gasteiger partial charge on any atom is 0.117 e. The third-order valence-corrected chi connectivity index (χ3v) is 3.67. The van der Waals surface area contributed by atoms with E-state index in [1.807, 2.05) is 18.2 Å². The number of nitrogens with zero attached hydrogens (tertiary/aromatic N) is 3. The van der Waals surface area contributed by atoms with E-state index in [1.165, 1.54) is 0 Å². The highest BCUT2D eigenvalue weighted by molar-refractivity contribution is 5.60. The molecule has 1 heterocycles. The molecule has 0 saturated carbocycles. The van der Waals surface area contributed by atoms with Crippen molar-refractivity contribution in [2.75, 3.05) is 0 Å². The number of benzene rings is 1. The lowest BCUT2D eigenvalue weighted by Gasteiger charge is -2.24. The summed E-state index contributed by atoms with van der Waals surface area (Å²) in [5.41, 5.74) is 3.23. The molecule has 0 aliphatic heterocycles. The van der Waals surface area contributed by atoms with Gasteiger partial charge >= 0.3 is 0 Å². The number of aromatic nitrogens is 3. The third-order valence-electron chi connectivity index (χ3n) is 3.67. The summed E-state index contributed by atoms with van der Waals surface area (Å²) in [6.07, 6.45) is 1.08. The molecule has 0 aliphatic carbocycles. The van der Waals surface area contributed by atoms with E-state index in [-0.39, 0.29) is 5.54 Å². The molecule has 0 spiro atoms. The zero-order valence-electron chi connectivity index (χ0n) is 12.8. The first kappa shape index (κ1) is 14.7. The van der Waals surface area contributed by atoms with E-state index in [0.29, 0.717) is 0 Å². The van der Waals surface area contributed by atoms with Crippen molar-refractivity contribution < 1.29 is 0 Å². The predicted molar refractivity (Wildman–Crippen MR) is 82.3 cm³/mol. The summed E-state index contributed by atoms with van der Waals surface area (Å²) < 4.78 is 0. The van der Waals surface area contributed by atoms with Crippen LogP contribution in [0.5, 0.6) is 0 Å². The maximum absolute atomic E-state index is 4.59. The van der Waals surface area contributed by atoms with Gasteiger partial charge in [-0.25, -0.2) is 0 Å². The molecule has 108 valence electrons. The molecule has 1 aromatic heterocycles. The summed E-state index contributed by atoms with van der Waals surface area (Å²) in [6.45, 7) is 10.2. The van der Waals surface area contributed by atoms with Gasteiger partial charge in [-0.1, -0.05) is 37.3 Å². The lowest BCUT2D eigenvalue weighted by atomic mass is 10.0. The summed E-state index contributed by atoms with van der Waals surface area (Å²) in [5, 5.41) is 12.7. The van der Waals surface area contributed by atoms with Gasteiger partial charge in [-0.3, -0.25) is 0 Å². The van der Waals surface area contributed by atoms with Crippen LogP contribution in [0.2, 0.25) is 0 Å². The van der Waals surface area contributed by atoms with Crippen molar-refractivity contribution in [2.24, 2.45) is 0 Å². The molecular weight excluding hydrogens is 248 g/mol. The van der Waals surface area contributed by atoms with E-state index in [0.717, 1.165) is 36.5 Å². The van der Waals surface area contributed by atoms with Gasteiger partial charge in [-0.2, -0.15) is 15.0 Å². The Hall–Kier alpha value is -1.68. The van der Waals surface area contributed by atoms with Crippen molar-refractivity contribution in [1.29, 1.82) is 0 Å². The third kappa shape index (κ3) is 3.45. The Balaban J connectivity index is 2.26. The fourth-order valence-electron chi connectivity index (χ4n) is 1.91. The zero-order chi connectivity index (χ0) is 14.6. The summed E-state index contributed by atoms with van der Waals surface area (Å²) in [6, 6.07) is 10.3. The average molecular weight is 272 g/mol. The van der Waals surface area contributed by atoms with Crippen LogP contribution >= 0.6 is 0 Å². The van der Waals surface area contributed by atoms with Crippen LogP contribution < -0.4 is 5.32 Å². The molecule has 1 N–H and O–H groups in total. The van der Waals surface area contributed by atoms with Crippen LogP contribution in [0.15, 0.2) is 30.3 Å². The average Bonchev–Trinajstić information content (AvgIpc) is 2.90. The van der Waals surface area contributed by atoms with Gasteiger partial charge in [0.1, 0.15) is 11.4 Å². The molecule has 1 aromatic carbocycles. The van der Waals surface area contributed by atoms with E-state index < -0.39 is 0 Å². The minimum Gasteiger partial charge on any atom is -0.306 e. The molecule has 0 radical (unpaired) electrons. The summed E-state index contributed by atoms with van der Waals surface area (Å²) in [4.78, 5) is 1.76. The number of hydrogen-bond donors (Lipinski definition) is 1. The normalized spacial score (nSPS) is 11.8. The molecule has 0 bridgehead atoms. The highest BCUT2D eigenvalue weighted by atomic mass is 15.5. The first-order chi connectivity index (χ1) is 9.55. The minimum atomic E-state index is 0.115. The minimum absolute atomic E-state index is 0.115. The first-order valence-corrected chi connectivity index (χ1v) is 7.30. The van der Waals surface area contributed by atoms with Crippen molar-refractivity contribution >= 4 is 0 Å².